The fraction of sp³-hybridized carbons (Fsp3) is 0.500. The Balaban J connectivity index is 0.00000400. The molecule has 0 saturated carbocycles. The maximum Gasteiger partial charge on any atom is 1.00 e. The number of rotatable bonds is 7. The van der Waals surface area contributed by atoms with Crippen molar-refractivity contribution in [1.29, 1.82) is 0 Å². The molecule has 0 aliphatic heterocycles. The van der Waals surface area contributed by atoms with Crippen LogP contribution in [-0.4, -0.2) is 57.7 Å². The van der Waals surface area contributed by atoms with Gasteiger partial charge in [0, 0.05) is 37.5 Å². The fourth-order valence-electron chi connectivity index (χ4n) is 1.72. The molecule has 21 heavy (non-hydrogen) atoms. The normalized spacial score (nSPS) is 12.2. The summed E-state index contributed by atoms with van der Waals surface area (Å²) in [5, 5.41) is 9.59. The minimum atomic E-state index is -4.45. The maximum absolute atomic E-state index is 10.6. The van der Waals surface area contributed by atoms with Crippen LogP contribution in [0.2, 0.25) is 0 Å². The van der Waals surface area contributed by atoms with Crippen LogP contribution in [0.5, 0.6) is 11.5 Å². The van der Waals surface area contributed by atoms with E-state index in [-0.39, 0.29) is 36.1 Å². The minimum absolute atomic E-state index is 0. The van der Waals surface area contributed by atoms with Gasteiger partial charge in [-0.05, 0) is 0 Å². The van der Waals surface area contributed by atoms with Crippen LogP contribution in [0.4, 0.5) is 5.69 Å². The fourth-order valence-corrected chi connectivity index (χ4v) is 2.30. The van der Waals surface area contributed by atoms with E-state index in [1.54, 1.807) is 30.1 Å². The van der Waals surface area contributed by atoms with Crippen molar-refractivity contribution >= 4 is 15.8 Å². The van der Waals surface area contributed by atoms with E-state index in [0.717, 1.165) is 0 Å². The average Bonchev–Trinajstić information content (AvgIpc) is 2.35. The number of nitrogens with zero attached hydrogens (tertiary/aromatic N) is 1. The summed E-state index contributed by atoms with van der Waals surface area (Å²) in [7, 11) is 0.231. The molecule has 1 aromatic rings. The van der Waals surface area contributed by atoms with Gasteiger partial charge in [-0.25, -0.2) is 8.42 Å². The van der Waals surface area contributed by atoms with Crippen LogP contribution >= 0.6 is 0 Å². The van der Waals surface area contributed by atoms with Crippen LogP contribution < -0.4 is 43.9 Å². The Labute approximate surface area is 146 Å². The van der Waals surface area contributed by atoms with Crippen molar-refractivity contribution in [1.82, 2.24) is 0 Å². The van der Waals surface area contributed by atoms with Crippen molar-refractivity contribution < 1.29 is 57.1 Å². The molecule has 0 spiro atoms. The Morgan fingerprint density at radius 2 is 1.71 bits per heavy atom. The van der Waals surface area contributed by atoms with Crippen LogP contribution in [0.3, 0.4) is 0 Å². The predicted molar refractivity (Wildman–Crippen MR) is 73.4 cm³/mol. The molecule has 1 N–H and O–H groups in total. The maximum atomic E-state index is 10.6. The summed E-state index contributed by atoms with van der Waals surface area (Å²) in [4.78, 5) is 1.61. The van der Waals surface area contributed by atoms with Crippen molar-refractivity contribution in [2.24, 2.45) is 0 Å². The largest absolute Gasteiger partial charge is 1.00 e. The molecule has 0 amide bonds. The van der Waals surface area contributed by atoms with Gasteiger partial charge in [-0.2, -0.15) is 0 Å². The van der Waals surface area contributed by atoms with Gasteiger partial charge in [-0.1, -0.05) is 0 Å². The second-order valence-corrected chi connectivity index (χ2v) is 5.78. The van der Waals surface area contributed by atoms with E-state index in [1.165, 1.54) is 14.2 Å². The van der Waals surface area contributed by atoms with Crippen molar-refractivity contribution in [2.75, 3.05) is 38.5 Å². The second-order valence-electron chi connectivity index (χ2n) is 4.33. The molecule has 114 valence electrons. The molecule has 0 bridgehead atoms. The van der Waals surface area contributed by atoms with Gasteiger partial charge in [0.2, 0.25) is 0 Å². The van der Waals surface area contributed by atoms with E-state index < -0.39 is 22.0 Å². The SMILES string of the molecule is COc1cc(OC)cc(N(C)CC(O)CS(=O)(=O)[O-])c1.[Na+]. The van der Waals surface area contributed by atoms with Crippen LogP contribution in [0.25, 0.3) is 0 Å². The third-order valence-electron chi connectivity index (χ3n) is 2.66. The summed E-state index contributed by atoms with van der Waals surface area (Å²) in [6, 6.07) is 5.11. The van der Waals surface area contributed by atoms with Gasteiger partial charge in [0.25, 0.3) is 0 Å². The number of anilines is 1. The number of aliphatic hydroxyl groups excluding tert-OH is 1. The van der Waals surface area contributed by atoms with Crippen molar-refractivity contribution in [3.8, 4) is 11.5 Å². The van der Waals surface area contributed by atoms with E-state index in [4.69, 9.17) is 9.47 Å². The molecule has 1 aromatic carbocycles. The standard InChI is InChI=1S/C12H19NO6S.Na/c1-13(7-10(14)8-20(15,16)17)9-4-11(18-2)6-12(5-9)19-3;/h4-6,10,14H,7-8H2,1-3H3,(H,15,16,17);/q;+1/p-1. The number of likely N-dealkylation sites (N-methyl/N-ethyl adjacent to an activating group) is 1. The van der Waals surface area contributed by atoms with Gasteiger partial charge >= 0.3 is 29.6 Å². The molecule has 0 aliphatic rings. The van der Waals surface area contributed by atoms with E-state index in [2.05, 4.69) is 0 Å². The van der Waals surface area contributed by atoms with Gasteiger partial charge in [-0.15, -0.1) is 0 Å². The molecule has 0 aromatic heterocycles. The summed E-state index contributed by atoms with van der Waals surface area (Å²) in [6.45, 7) is -0.00219. The Bertz CT molecular complexity index is 528. The molecular weight excluding hydrogens is 309 g/mol. The third-order valence-corrected chi connectivity index (χ3v) is 3.45. The summed E-state index contributed by atoms with van der Waals surface area (Å²) in [6.07, 6.45) is -1.26. The number of hydrogen-bond acceptors (Lipinski definition) is 7. The number of ether oxygens (including phenoxy) is 2. The zero-order chi connectivity index (χ0) is 15.3. The molecule has 1 unspecified atom stereocenters. The van der Waals surface area contributed by atoms with Gasteiger partial charge in [-0.3, -0.25) is 0 Å². The van der Waals surface area contributed by atoms with Crippen molar-refractivity contribution in [3.05, 3.63) is 18.2 Å². The first-order valence-corrected chi connectivity index (χ1v) is 7.38. The molecule has 9 heteroatoms. The molecular formula is C12H18NNaO6S. The number of benzene rings is 1. The van der Waals surface area contributed by atoms with Gasteiger partial charge in [0.15, 0.2) is 0 Å². The first-order chi connectivity index (χ1) is 9.25. The van der Waals surface area contributed by atoms with Gasteiger partial charge in [0.1, 0.15) is 11.5 Å². The molecule has 0 radical (unpaired) electrons. The first-order valence-electron chi connectivity index (χ1n) is 5.81. The number of aliphatic hydroxyl groups is 1. The molecule has 7 nitrogen and oxygen atoms in total. The monoisotopic (exact) mass is 327 g/mol. The number of hydrogen-bond donors (Lipinski definition) is 1. The molecule has 0 heterocycles. The Hall–Kier alpha value is -0.510. The molecule has 1 rings (SSSR count). The van der Waals surface area contributed by atoms with E-state index in [1.807, 2.05) is 0 Å². The van der Waals surface area contributed by atoms with Crippen LogP contribution in [-0.2, 0) is 10.1 Å². The summed E-state index contributed by atoms with van der Waals surface area (Å²) in [5.74, 6) is 0.313. The third kappa shape index (κ3) is 7.35. The summed E-state index contributed by atoms with van der Waals surface area (Å²) >= 11 is 0. The second kappa shape index (κ2) is 8.82. The minimum Gasteiger partial charge on any atom is -0.748 e. The quantitative estimate of drug-likeness (QED) is 0.422. The van der Waals surface area contributed by atoms with Crippen LogP contribution in [0.15, 0.2) is 18.2 Å². The average molecular weight is 327 g/mol. The Morgan fingerprint density at radius 1 is 1.24 bits per heavy atom. The zero-order valence-electron chi connectivity index (χ0n) is 12.6. The van der Waals surface area contributed by atoms with Crippen LogP contribution in [0, 0.1) is 0 Å². The Kier molecular flexibility index (Phi) is 8.60. The Morgan fingerprint density at radius 3 is 2.10 bits per heavy atom. The van der Waals surface area contributed by atoms with Crippen LogP contribution in [0.1, 0.15) is 0 Å². The van der Waals surface area contributed by atoms with E-state index in [9.17, 15) is 18.1 Å². The molecule has 0 fully saturated rings. The van der Waals surface area contributed by atoms with Gasteiger partial charge < -0.3 is 24.0 Å². The molecule has 0 saturated heterocycles. The first kappa shape index (κ1) is 20.5. The van der Waals surface area contributed by atoms with Crippen molar-refractivity contribution in [3.63, 3.8) is 0 Å². The van der Waals surface area contributed by atoms with E-state index in [0.29, 0.717) is 17.2 Å². The summed E-state index contributed by atoms with van der Waals surface area (Å²) in [5.41, 5.74) is 0.670. The van der Waals surface area contributed by atoms with E-state index >= 15 is 0 Å². The zero-order valence-corrected chi connectivity index (χ0v) is 15.4. The predicted octanol–water partition coefficient (Wildman–Crippen LogP) is -2.95. The molecule has 0 aliphatic carbocycles. The van der Waals surface area contributed by atoms with Gasteiger partial charge in [0.05, 0.1) is 36.2 Å². The summed E-state index contributed by atoms with van der Waals surface area (Å²) < 4.78 is 42.0. The topological polar surface area (TPSA) is 99.1 Å². The van der Waals surface area contributed by atoms with Crippen molar-refractivity contribution in [2.45, 2.75) is 6.10 Å². The number of methoxy groups -OCH3 is 2. The molecule has 1 atom stereocenters. The smallest absolute Gasteiger partial charge is 0.748 e.